The fourth-order valence-electron chi connectivity index (χ4n) is 2.60. The van der Waals surface area contributed by atoms with Gasteiger partial charge in [0, 0.05) is 25.7 Å². The maximum Gasteiger partial charge on any atom is 0.338 e. The zero-order valence-corrected chi connectivity index (χ0v) is 12.0. The molecule has 0 heterocycles. The predicted octanol–water partition coefficient (Wildman–Crippen LogP) is 2.21. The first kappa shape index (κ1) is 15.0. The van der Waals surface area contributed by atoms with Crippen molar-refractivity contribution in [1.82, 2.24) is 4.90 Å². The molecular formula is C16H23NO3. The number of methoxy groups -OCH3 is 1. The highest BCUT2D eigenvalue weighted by Gasteiger charge is 2.25. The first-order valence-electron chi connectivity index (χ1n) is 7.27. The van der Waals surface area contributed by atoms with Crippen LogP contribution in [0, 0.1) is 0 Å². The number of hydrogen-bond donors (Lipinski definition) is 1. The molecule has 1 aromatic rings. The largest absolute Gasteiger partial charge is 0.465 e. The molecule has 20 heavy (non-hydrogen) atoms. The van der Waals surface area contributed by atoms with Crippen LogP contribution in [-0.2, 0) is 11.3 Å². The number of rotatable bonds is 7. The summed E-state index contributed by atoms with van der Waals surface area (Å²) in [5, 5.41) is 9.03. The highest BCUT2D eigenvalue weighted by Crippen LogP contribution is 2.27. The second-order valence-corrected chi connectivity index (χ2v) is 5.28. The van der Waals surface area contributed by atoms with Crippen LogP contribution in [0.15, 0.2) is 24.3 Å². The standard InChI is InChI=1S/C16H23NO3/c1-20-16(19)15-9-3-2-6-13(15)12-17(10-5-11-18)14-7-4-8-14/h2-3,6,9,14,18H,4-5,7-8,10-12H2,1H3. The van der Waals surface area contributed by atoms with Gasteiger partial charge in [0.05, 0.1) is 12.7 Å². The molecule has 0 aliphatic heterocycles. The molecule has 1 aliphatic carbocycles. The summed E-state index contributed by atoms with van der Waals surface area (Å²) < 4.78 is 4.84. The van der Waals surface area contributed by atoms with Crippen molar-refractivity contribution in [2.24, 2.45) is 0 Å². The van der Waals surface area contributed by atoms with Gasteiger partial charge in [-0.25, -0.2) is 4.79 Å². The van der Waals surface area contributed by atoms with E-state index in [4.69, 9.17) is 9.84 Å². The molecule has 0 bridgehead atoms. The van der Waals surface area contributed by atoms with Gasteiger partial charge in [0.2, 0.25) is 0 Å². The highest BCUT2D eigenvalue weighted by atomic mass is 16.5. The van der Waals surface area contributed by atoms with Crippen LogP contribution in [-0.4, -0.2) is 42.3 Å². The van der Waals surface area contributed by atoms with Gasteiger partial charge in [0.25, 0.3) is 0 Å². The van der Waals surface area contributed by atoms with E-state index in [1.807, 2.05) is 24.3 Å². The molecule has 0 radical (unpaired) electrons. The smallest absolute Gasteiger partial charge is 0.338 e. The van der Waals surface area contributed by atoms with E-state index in [9.17, 15) is 4.79 Å². The summed E-state index contributed by atoms with van der Waals surface area (Å²) in [7, 11) is 1.41. The van der Waals surface area contributed by atoms with E-state index in [1.54, 1.807) is 0 Å². The average Bonchev–Trinajstić information content (AvgIpc) is 2.42. The molecule has 0 aromatic heterocycles. The van der Waals surface area contributed by atoms with Crippen molar-refractivity contribution >= 4 is 5.97 Å². The Morgan fingerprint density at radius 1 is 1.40 bits per heavy atom. The summed E-state index contributed by atoms with van der Waals surface area (Å²) in [4.78, 5) is 14.2. The van der Waals surface area contributed by atoms with Gasteiger partial charge in [-0.1, -0.05) is 24.6 Å². The van der Waals surface area contributed by atoms with Gasteiger partial charge >= 0.3 is 5.97 Å². The minimum Gasteiger partial charge on any atom is -0.465 e. The van der Waals surface area contributed by atoms with Crippen LogP contribution in [0.2, 0.25) is 0 Å². The number of ether oxygens (including phenoxy) is 1. The van der Waals surface area contributed by atoms with Crippen LogP contribution in [0.4, 0.5) is 0 Å². The number of carbonyl (C=O) groups excluding carboxylic acids is 1. The van der Waals surface area contributed by atoms with E-state index in [1.165, 1.54) is 26.4 Å². The van der Waals surface area contributed by atoms with E-state index in [0.29, 0.717) is 11.6 Å². The lowest BCUT2D eigenvalue weighted by atomic mass is 9.90. The van der Waals surface area contributed by atoms with Gasteiger partial charge in [0.15, 0.2) is 0 Å². The molecule has 0 atom stereocenters. The molecule has 1 N–H and O–H groups in total. The van der Waals surface area contributed by atoms with Gasteiger partial charge in [-0.15, -0.1) is 0 Å². The molecule has 2 rings (SSSR count). The number of benzene rings is 1. The molecule has 1 fully saturated rings. The van der Waals surface area contributed by atoms with Gasteiger partial charge < -0.3 is 9.84 Å². The van der Waals surface area contributed by atoms with E-state index in [0.717, 1.165) is 25.1 Å². The van der Waals surface area contributed by atoms with Crippen molar-refractivity contribution < 1.29 is 14.6 Å². The zero-order valence-electron chi connectivity index (χ0n) is 12.0. The average molecular weight is 277 g/mol. The van der Waals surface area contributed by atoms with Crippen LogP contribution < -0.4 is 0 Å². The summed E-state index contributed by atoms with van der Waals surface area (Å²) in [5.41, 5.74) is 1.65. The molecule has 4 heteroatoms. The Labute approximate surface area is 120 Å². The number of carbonyl (C=O) groups is 1. The van der Waals surface area contributed by atoms with Gasteiger partial charge in [-0.05, 0) is 30.9 Å². The molecule has 1 aromatic carbocycles. The molecule has 0 amide bonds. The van der Waals surface area contributed by atoms with Crippen molar-refractivity contribution in [3.05, 3.63) is 35.4 Å². The van der Waals surface area contributed by atoms with Crippen LogP contribution >= 0.6 is 0 Å². The van der Waals surface area contributed by atoms with Crippen LogP contribution in [0.3, 0.4) is 0 Å². The molecule has 110 valence electrons. The Balaban J connectivity index is 2.10. The molecule has 1 aliphatic rings. The molecular weight excluding hydrogens is 254 g/mol. The lowest BCUT2D eigenvalue weighted by Gasteiger charge is -2.37. The van der Waals surface area contributed by atoms with Crippen molar-refractivity contribution in [3.8, 4) is 0 Å². The van der Waals surface area contributed by atoms with Crippen LogP contribution in [0.25, 0.3) is 0 Å². The Morgan fingerprint density at radius 2 is 2.15 bits per heavy atom. The maximum atomic E-state index is 11.8. The molecule has 0 saturated heterocycles. The predicted molar refractivity (Wildman–Crippen MR) is 77.5 cm³/mol. The van der Waals surface area contributed by atoms with Crippen molar-refractivity contribution in [1.29, 1.82) is 0 Å². The minimum absolute atomic E-state index is 0.210. The normalized spacial score (nSPS) is 15.2. The van der Waals surface area contributed by atoms with Gasteiger partial charge in [-0.3, -0.25) is 4.90 Å². The molecule has 1 saturated carbocycles. The van der Waals surface area contributed by atoms with E-state index in [2.05, 4.69) is 4.90 Å². The Morgan fingerprint density at radius 3 is 2.75 bits per heavy atom. The minimum atomic E-state index is -0.281. The zero-order chi connectivity index (χ0) is 14.4. The number of nitrogens with zero attached hydrogens (tertiary/aromatic N) is 1. The molecule has 0 unspecified atom stereocenters. The number of esters is 1. The number of aliphatic hydroxyl groups is 1. The third-order valence-corrected chi connectivity index (χ3v) is 3.99. The maximum absolute atomic E-state index is 11.8. The Bertz CT molecular complexity index is 443. The van der Waals surface area contributed by atoms with Gasteiger partial charge in [-0.2, -0.15) is 0 Å². The summed E-state index contributed by atoms with van der Waals surface area (Å²) >= 11 is 0. The second-order valence-electron chi connectivity index (χ2n) is 5.28. The van der Waals surface area contributed by atoms with E-state index < -0.39 is 0 Å². The first-order chi connectivity index (χ1) is 9.76. The van der Waals surface area contributed by atoms with Crippen LogP contribution in [0.1, 0.15) is 41.6 Å². The quantitative estimate of drug-likeness (QED) is 0.776. The summed E-state index contributed by atoms with van der Waals surface area (Å²) in [6, 6.07) is 8.19. The topological polar surface area (TPSA) is 49.8 Å². The Kier molecular flexibility index (Phi) is 5.56. The van der Waals surface area contributed by atoms with Gasteiger partial charge in [0.1, 0.15) is 0 Å². The van der Waals surface area contributed by atoms with E-state index >= 15 is 0 Å². The molecule has 0 spiro atoms. The van der Waals surface area contributed by atoms with Crippen molar-refractivity contribution in [2.45, 2.75) is 38.3 Å². The summed E-state index contributed by atoms with van der Waals surface area (Å²) in [6.07, 6.45) is 4.48. The molecule has 4 nitrogen and oxygen atoms in total. The van der Waals surface area contributed by atoms with E-state index in [-0.39, 0.29) is 12.6 Å². The number of aliphatic hydroxyl groups excluding tert-OH is 1. The Hall–Kier alpha value is -1.39. The SMILES string of the molecule is COC(=O)c1ccccc1CN(CCCO)C1CCC1. The lowest BCUT2D eigenvalue weighted by molar-refractivity contribution is 0.0594. The highest BCUT2D eigenvalue weighted by molar-refractivity contribution is 5.90. The fourth-order valence-corrected chi connectivity index (χ4v) is 2.60. The lowest BCUT2D eigenvalue weighted by Crippen LogP contribution is -2.40. The number of hydrogen-bond acceptors (Lipinski definition) is 4. The first-order valence-corrected chi connectivity index (χ1v) is 7.27. The monoisotopic (exact) mass is 277 g/mol. The third-order valence-electron chi connectivity index (χ3n) is 3.99. The van der Waals surface area contributed by atoms with Crippen LogP contribution in [0.5, 0.6) is 0 Å². The third kappa shape index (κ3) is 3.58. The second kappa shape index (κ2) is 7.41. The van der Waals surface area contributed by atoms with Crippen molar-refractivity contribution in [2.75, 3.05) is 20.3 Å². The summed E-state index contributed by atoms with van der Waals surface area (Å²) in [6.45, 7) is 1.83. The summed E-state index contributed by atoms with van der Waals surface area (Å²) in [5.74, 6) is -0.281. The fraction of sp³-hybridized carbons (Fsp3) is 0.562. The van der Waals surface area contributed by atoms with Crippen molar-refractivity contribution in [3.63, 3.8) is 0 Å².